The Balaban J connectivity index is 1.51. The molecule has 0 spiro atoms. The van der Waals surface area contributed by atoms with E-state index in [-0.39, 0.29) is 0 Å². The quantitative estimate of drug-likeness (QED) is 0.756. The summed E-state index contributed by atoms with van der Waals surface area (Å²) in [4.78, 5) is 14.6. The van der Waals surface area contributed by atoms with E-state index < -0.39 is 12.2 Å². The Morgan fingerprint density at radius 1 is 0.885 bits per heavy atom. The number of hydrogen-bond donors (Lipinski definition) is 2. The number of fused-ring (bicyclic) bond motifs is 3. The summed E-state index contributed by atoms with van der Waals surface area (Å²) in [7, 11) is 0. The topological polar surface area (TPSA) is 68.9 Å². The van der Waals surface area contributed by atoms with Gasteiger partial charge in [0, 0.05) is 54.5 Å². The summed E-state index contributed by atoms with van der Waals surface area (Å²) in [6, 6.07) is 16.5. The molecule has 1 aromatic heterocycles. The van der Waals surface area contributed by atoms with Crippen LogP contribution in [-0.4, -0.2) is 69.5 Å². The van der Waals surface area contributed by atoms with E-state index in [9.17, 15) is 9.90 Å². The third kappa shape index (κ3) is 3.13. The average Bonchev–Trinajstić information content (AvgIpc) is 2.96. The number of para-hydroxylation sites is 2. The lowest BCUT2D eigenvalue weighted by Gasteiger charge is -2.34. The fraction of sp³-hybridized carbons (Fsp3) is 0.350. The van der Waals surface area contributed by atoms with Crippen LogP contribution in [0.1, 0.15) is 0 Å². The van der Waals surface area contributed by atoms with Gasteiger partial charge in [-0.1, -0.05) is 36.4 Å². The molecule has 1 amide bonds. The van der Waals surface area contributed by atoms with Gasteiger partial charge in [0.05, 0.1) is 12.6 Å². The summed E-state index contributed by atoms with van der Waals surface area (Å²) in [6.07, 6.45) is -1.37. The number of carbonyl (C=O) groups is 1. The van der Waals surface area contributed by atoms with Gasteiger partial charge in [0.1, 0.15) is 0 Å². The number of aromatic nitrogens is 1. The number of aliphatic hydroxyl groups excluding tert-OH is 1. The summed E-state index contributed by atoms with van der Waals surface area (Å²) in [5, 5.41) is 22.1. The first-order chi connectivity index (χ1) is 12.6. The highest BCUT2D eigenvalue weighted by molar-refractivity contribution is 6.07. The lowest BCUT2D eigenvalue weighted by Crippen LogP contribution is -2.50. The minimum Gasteiger partial charge on any atom is -0.465 e. The van der Waals surface area contributed by atoms with Crippen molar-refractivity contribution >= 4 is 27.9 Å². The van der Waals surface area contributed by atoms with Crippen LogP contribution in [-0.2, 0) is 6.54 Å². The van der Waals surface area contributed by atoms with Gasteiger partial charge in [0.2, 0.25) is 0 Å². The van der Waals surface area contributed by atoms with Crippen LogP contribution in [0.15, 0.2) is 48.5 Å². The van der Waals surface area contributed by atoms with Crippen molar-refractivity contribution in [2.75, 3.05) is 32.7 Å². The number of piperazine rings is 1. The van der Waals surface area contributed by atoms with Crippen LogP contribution >= 0.6 is 0 Å². The molecular formula is C20H23N3O3. The fourth-order valence-electron chi connectivity index (χ4n) is 3.89. The smallest absolute Gasteiger partial charge is 0.407 e. The zero-order valence-electron chi connectivity index (χ0n) is 14.6. The van der Waals surface area contributed by atoms with E-state index in [0.29, 0.717) is 39.3 Å². The molecule has 2 N–H and O–H groups in total. The molecule has 0 radical (unpaired) electrons. The Hall–Kier alpha value is -2.57. The highest BCUT2D eigenvalue weighted by Crippen LogP contribution is 2.28. The second kappa shape index (κ2) is 6.97. The zero-order valence-corrected chi connectivity index (χ0v) is 14.6. The van der Waals surface area contributed by atoms with E-state index in [0.717, 1.165) is 11.0 Å². The number of hydrogen-bond acceptors (Lipinski definition) is 3. The van der Waals surface area contributed by atoms with E-state index in [1.54, 1.807) is 0 Å². The van der Waals surface area contributed by atoms with Crippen LogP contribution in [0.5, 0.6) is 0 Å². The van der Waals surface area contributed by atoms with Gasteiger partial charge in [-0.05, 0) is 12.1 Å². The number of carboxylic acid groups (broad SMARTS) is 1. The summed E-state index contributed by atoms with van der Waals surface area (Å²) in [5.74, 6) is 0. The zero-order chi connectivity index (χ0) is 18.1. The van der Waals surface area contributed by atoms with Gasteiger partial charge in [-0.2, -0.15) is 0 Å². The standard InChI is InChI=1S/C20H23N3O3/c24-15(13-21-9-11-22(12-10-21)20(25)26)14-23-18-7-3-1-5-16(18)17-6-2-4-8-19(17)23/h1-8,15,24H,9-14H2,(H,25,26). The Kier molecular flexibility index (Phi) is 4.53. The predicted octanol–water partition coefficient (Wildman–Crippen LogP) is 2.45. The van der Waals surface area contributed by atoms with Gasteiger partial charge in [-0.25, -0.2) is 4.79 Å². The third-order valence-corrected chi connectivity index (χ3v) is 5.18. The molecule has 0 bridgehead atoms. The summed E-state index contributed by atoms with van der Waals surface area (Å²) in [6.45, 7) is 3.39. The first kappa shape index (κ1) is 16.9. The van der Waals surface area contributed by atoms with Crippen molar-refractivity contribution in [3.8, 4) is 0 Å². The van der Waals surface area contributed by atoms with E-state index in [1.807, 2.05) is 24.3 Å². The summed E-state index contributed by atoms with van der Waals surface area (Å²) < 4.78 is 2.18. The molecule has 136 valence electrons. The largest absolute Gasteiger partial charge is 0.465 e. The van der Waals surface area contributed by atoms with Gasteiger partial charge in [-0.15, -0.1) is 0 Å². The summed E-state index contributed by atoms with van der Waals surface area (Å²) in [5.41, 5.74) is 2.26. The molecule has 1 saturated heterocycles. The lowest BCUT2D eigenvalue weighted by atomic mass is 10.2. The number of β-amino-alcohol motifs (C(OH)–C–C–N with tert-alkyl or cyclic N) is 1. The SMILES string of the molecule is O=C(O)N1CCN(CC(O)Cn2c3ccccc3c3ccccc32)CC1. The minimum absolute atomic E-state index is 0.497. The van der Waals surface area contributed by atoms with Gasteiger partial charge in [-0.3, -0.25) is 4.90 Å². The van der Waals surface area contributed by atoms with Crippen molar-refractivity contribution < 1.29 is 15.0 Å². The number of nitrogens with zero attached hydrogens (tertiary/aromatic N) is 3. The molecular weight excluding hydrogens is 330 g/mol. The average molecular weight is 353 g/mol. The molecule has 6 nitrogen and oxygen atoms in total. The predicted molar refractivity (Wildman–Crippen MR) is 101 cm³/mol. The van der Waals surface area contributed by atoms with Crippen molar-refractivity contribution in [3.05, 3.63) is 48.5 Å². The van der Waals surface area contributed by atoms with E-state index >= 15 is 0 Å². The summed E-state index contributed by atoms with van der Waals surface area (Å²) >= 11 is 0. The Morgan fingerprint density at radius 2 is 1.42 bits per heavy atom. The van der Waals surface area contributed by atoms with Crippen molar-refractivity contribution in [2.24, 2.45) is 0 Å². The Labute approximate surface area is 151 Å². The molecule has 0 aliphatic carbocycles. The Bertz CT molecular complexity index is 875. The molecule has 0 saturated carbocycles. The van der Waals surface area contributed by atoms with Gasteiger partial charge < -0.3 is 19.7 Å². The normalized spacial score (nSPS) is 17.0. The van der Waals surface area contributed by atoms with Gasteiger partial charge in [0.25, 0.3) is 0 Å². The lowest BCUT2D eigenvalue weighted by molar-refractivity contribution is 0.0639. The van der Waals surface area contributed by atoms with Crippen LogP contribution < -0.4 is 0 Å². The molecule has 1 fully saturated rings. The Morgan fingerprint density at radius 3 is 1.96 bits per heavy atom. The molecule has 26 heavy (non-hydrogen) atoms. The second-order valence-electron chi connectivity index (χ2n) is 6.87. The maximum absolute atomic E-state index is 11.0. The number of rotatable bonds is 4. The maximum atomic E-state index is 11.0. The molecule has 4 rings (SSSR count). The molecule has 2 aromatic carbocycles. The van der Waals surface area contributed by atoms with Crippen LogP contribution in [0, 0.1) is 0 Å². The highest BCUT2D eigenvalue weighted by atomic mass is 16.4. The van der Waals surface area contributed by atoms with E-state index in [1.165, 1.54) is 15.7 Å². The van der Waals surface area contributed by atoms with Crippen LogP contribution in [0.4, 0.5) is 4.79 Å². The first-order valence-corrected chi connectivity index (χ1v) is 8.98. The maximum Gasteiger partial charge on any atom is 0.407 e. The van der Waals surface area contributed by atoms with Crippen LogP contribution in [0.3, 0.4) is 0 Å². The van der Waals surface area contributed by atoms with E-state index in [4.69, 9.17) is 5.11 Å². The molecule has 2 heterocycles. The monoisotopic (exact) mass is 353 g/mol. The highest BCUT2D eigenvalue weighted by Gasteiger charge is 2.22. The molecule has 1 unspecified atom stereocenters. The van der Waals surface area contributed by atoms with Crippen molar-refractivity contribution in [3.63, 3.8) is 0 Å². The number of aliphatic hydroxyl groups is 1. The molecule has 1 aliphatic heterocycles. The van der Waals surface area contributed by atoms with E-state index in [2.05, 4.69) is 33.7 Å². The minimum atomic E-state index is -0.865. The fourth-order valence-corrected chi connectivity index (χ4v) is 3.89. The third-order valence-electron chi connectivity index (χ3n) is 5.18. The van der Waals surface area contributed by atoms with Gasteiger partial charge in [0.15, 0.2) is 0 Å². The second-order valence-corrected chi connectivity index (χ2v) is 6.87. The van der Waals surface area contributed by atoms with Crippen LogP contribution in [0.25, 0.3) is 21.8 Å². The van der Waals surface area contributed by atoms with Crippen molar-refractivity contribution in [2.45, 2.75) is 12.6 Å². The van der Waals surface area contributed by atoms with Crippen LogP contribution in [0.2, 0.25) is 0 Å². The molecule has 1 atom stereocenters. The number of amides is 1. The molecule has 6 heteroatoms. The molecule has 1 aliphatic rings. The number of benzene rings is 2. The van der Waals surface area contributed by atoms with Crippen molar-refractivity contribution in [1.82, 2.24) is 14.4 Å². The first-order valence-electron chi connectivity index (χ1n) is 8.98. The van der Waals surface area contributed by atoms with Gasteiger partial charge >= 0.3 is 6.09 Å². The van der Waals surface area contributed by atoms with Crippen molar-refractivity contribution in [1.29, 1.82) is 0 Å². The molecule has 3 aromatic rings.